The summed E-state index contributed by atoms with van der Waals surface area (Å²) in [4.78, 5) is 11.8. The molecule has 2 aliphatic rings. The lowest BCUT2D eigenvalue weighted by Crippen LogP contribution is -2.25. The number of hydrogen-bond donors (Lipinski definition) is 2. The van der Waals surface area contributed by atoms with E-state index in [0.29, 0.717) is 6.42 Å². The number of methoxy groups -OCH3 is 1. The summed E-state index contributed by atoms with van der Waals surface area (Å²) >= 11 is 3.75. The van der Waals surface area contributed by atoms with Crippen molar-refractivity contribution < 1.29 is 24.5 Å². The Balaban J connectivity index is 1.83. The van der Waals surface area contributed by atoms with Gasteiger partial charge < -0.3 is 19.7 Å². The first-order chi connectivity index (χ1) is 13.4. The van der Waals surface area contributed by atoms with Gasteiger partial charge in [0.2, 0.25) is 0 Å². The maximum absolute atomic E-state index is 11.6. The highest BCUT2D eigenvalue weighted by molar-refractivity contribution is 9.09. The molecule has 6 heteroatoms. The topological polar surface area (TPSA) is 76.0 Å². The van der Waals surface area contributed by atoms with Crippen molar-refractivity contribution in [3.63, 3.8) is 0 Å². The lowest BCUT2D eigenvalue weighted by molar-refractivity contribution is -0.145. The maximum atomic E-state index is 11.6. The van der Waals surface area contributed by atoms with Gasteiger partial charge in [-0.15, -0.1) is 0 Å². The molecule has 0 aromatic carbocycles. The van der Waals surface area contributed by atoms with Crippen molar-refractivity contribution in [1.82, 2.24) is 0 Å². The molecule has 1 heterocycles. The van der Waals surface area contributed by atoms with E-state index in [9.17, 15) is 15.0 Å². The monoisotopic (exact) mass is 460 g/mol. The van der Waals surface area contributed by atoms with Crippen LogP contribution in [0.4, 0.5) is 0 Å². The molecule has 2 fully saturated rings. The Bertz CT molecular complexity index is 511. The molecular weight excluding hydrogens is 424 g/mol. The largest absolute Gasteiger partial charge is 0.469 e. The van der Waals surface area contributed by atoms with E-state index in [1.807, 2.05) is 19.1 Å². The van der Waals surface area contributed by atoms with Crippen LogP contribution < -0.4 is 0 Å². The molecule has 5 nitrogen and oxygen atoms in total. The van der Waals surface area contributed by atoms with Gasteiger partial charge in [0.05, 0.1) is 37.4 Å². The summed E-state index contributed by atoms with van der Waals surface area (Å²) in [6.07, 6.45) is 10.5. The number of unbranched alkanes of at least 4 members (excludes halogenated alkanes) is 2. The summed E-state index contributed by atoms with van der Waals surface area (Å²) < 4.78 is 11.0. The molecule has 1 saturated carbocycles. The number of fused-ring (bicyclic) bond motifs is 1. The Kier molecular flexibility index (Phi) is 9.94. The summed E-state index contributed by atoms with van der Waals surface area (Å²) in [7, 11) is 1.42. The maximum Gasteiger partial charge on any atom is 0.308 e. The van der Waals surface area contributed by atoms with E-state index in [0.717, 1.165) is 44.9 Å². The number of aliphatic hydroxyl groups excluding tert-OH is 2. The van der Waals surface area contributed by atoms with Crippen LogP contribution in [0.5, 0.6) is 0 Å². The Hall–Kier alpha value is -0.430. The van der Waals surface area contributed by atoms with Crippen LogP contribution in [-0.4, -0.2) is 52.5 Å². The first-order valence-corrected chi connectivity index (χ1v) is 11.7. The molecule has 2 rings (SSSR count). The van der Waals surface area contributed by atoms with E-state index in [1.54, 1.807) is 0 Å². The fourth-order valence-corrected chi connectivity index (χ4v) is 5.10. The molecule has 8 atom stereocenters. The Labute approximate surface area is 178 Å². The number of rotatable bonds is 11. The van der Waals surface area contributed by atoms with Crippen LogP contribution in [-0.2, 0) is 14.3 Å². The third-order valence-corrected chi connectivity index (χ3v) is 7.33. The van der Waals surface area contributed by atoms with Gasteiger partial charge in [0, 0.05) is 17.2 Å². The molecule has 2 N–H and O–H groups in total. The van der Waals surface area contributed by atoms with Crippen molar-refractivity contribution in [1.29, 1.82) is 0 Å². The lowest BCUT2D eigenvalue weighted by atomic mass is 9.88. The minimum atomic E-state index is -0.431. The van der Waals surface area contributed by atoms with Gasteiger partial charge in [-0.2, -0.15) is 0 Å². The third kappa shape index (κ3) is 6.54. The molecule has 28 heavy (non-hydrogen) atoms. The highest BCUT2D eigenvalue weighted by atomic mass is 79.9. The van der Waals surface area contributed by atoms with E-state index >= 15 is 0 Å². The SMILES string of the molecule is CCCCCC(O)C=C[C@@H]1[C@H]2CC(C(Br)CCC(C)C(=O)OC)O[C@@H]2C[C@H]1O. The minimum absolute atomic E-state index is 0.0458. The fraction of sp³-hybridized carbons (Fsp3) is 0.864. The normalized spacial score (nSPS) is 33.0. The smallest absolute Gasteiger partial charge is 0.308 e. The van der Waals surface area contributed by atoms with Crippen molar-refractivity contribution in [3.8, 4) is 0 Å². The second kappa shape index (κ2) is 11.7. The number of ether oxygens (including phenoxy) is 2. The quantitative estimate of drug-likeness (QED) is 0.211. The van der Waals surface area contributed by atoms with Gasteiger partial charge in [0.15, 0.2) is 0 Å². The number of carbonyl (C=O) groups is 1. The van der Waals surface area contributed by atoms with Gasteiger partial charge in [-0.3, -0.25) is 4.79 Å². The second-order valence-corrected chi connectivity index (χ2v) is 9.63. The zero-order chi connectivity index (χ0) is 20.7. The van der Waals surface area contributed by atoms with Gasteiger partial charge in [-0.05, 0) is 31.6 Å². The summed E-state index contributed by atoms with van der Waals surface area (Å²) in [6.45, 7) is 4.04. The minimum Gasteiger partial charge on any atom is -0.469 e. The van der Waals surface area contributed by atoms with Crippen LogP contribution in [0.15, 0.2) is 12.2 Å². The van der Waals surface area contributed by atoms with Crippen LogP contribution in [0.1, 0.15) is 65.2 Å². The highest BCUT2D eigenvalue weighted by Crippen LogP contribution is 2.46. The van der Waals surface area contributed by atoms with Gasteiger partial charge in [-0.25, -0.2) is 0 Å². The molecule has 4 unspecified atom stereocenters. The standard InChI is InChI=1S/C22H37BrO5/c1-4-5-6-7-15(24)9-10-16-17-12-21(28-20(17)13-19(16)25)18(23)11-8-14(2)22(26)27-3/h9-10,14-21,24-25H,4-8,11-13H2,1-3H3/t14?,15?,16-,17-,18?,19-,20-,21?/m1/s1. The summed E-state index contributed by atoms with van der Waals surface area (Å²) in [6, 6.07) is 0. The van der Waals surface area contributed by atoms with Crippen LogP contribution in [0.25, 0.3) is 0 Å². The molecule has 0 aromatic rings. The third-order valence-electron chi connectivity index (χ3n) is 6.29. The van der Waals surface area contributed by atoms with Gasteiger partial charge in [0.1, 0.15) is 0 Å². The Morgan fingerprint density at radius 2 is 2.04 bits per heavy atom. The van der Waals surface area contributed by atoms with Gasteiger partial charge in [0.25, 0.3) is 0 Å². The predicted octanol–water partition coefficient (Wildman–Crippen LogP) is 3.99. The van der Waals surface area contributed by atoms with Crippen molar-refractivity contribution in [3.05, 3.63) is 12.2 Å². The number of alkyl halides is 1. The highest BCUT2D eigenvalue weighted by Gasteiger charge is 2.49. The summed E-state index contributed by atoms with van der Waals surface area (Å²) in [5, 5.41) is 20.6. The lowest BCUT2D eigenvalue weighted by Gasteiger charge is -2.22. The molecule has 1 aliphatic carbocycles. The first kappa shape index (κ1) is 23.8. The molecule has 162 valence electrons. The number of aliphatic hydroxyl groups is 2. The van der Waals surface area contributed by atoms with Crippen molar-refractivity contribution in [2.45, 2.75) is 94.5 Å². The van der Waals surface area contributed by atoms with Crippen molar-refractivity contribution in [2.75, 3.05) is 7.11 Å². The van der Waals surface area contributed by atoms with Gasteiger partial charge in [-0.1, -0.05) is 61.2 Å². The van der Waals surface area contributed by atoms with Crippen molar-refractivity contribution >= 4 is 21.9 Å². The predicted molar refractivity (Wildman–Crippen MR) is 113 cm³/mol. The van der Waals surface area contributed by atoms with E-state index < -0.39 is 12.2 Å². The number of carbonyl (C=O) groups excluding carboxylic acids is 1. The van der Waals surface area contributed by atoms with E-state index in [1.165, 1.54) is 7.11 Å². The molecule has 0 aromatic heterocycles. The van der Waals surface area contributed by atoms with E-state index in [-0.39, 0.29) is 40.8 Å². The average molecular weight is 461 g/mol. The number of esters is 1. The van der Waals surface area contributed by atoms with Crippen LogP contribution >= 0.6 is 15.9 Å². The Morgan fingerprint density at radius 3 is 2.71 bits per heavy atom. The number of hydrogen-bond acceptors (Lipinski definition) is 5. The molecule has 0 bridgehead atoms. The van der Waals surface area contributed by atoms with Crippen LogP contribution in [0.3, 0.4) is 0 Å². The summed E-state index contributed by atoms with van der Waals surface area (Å²) in [5.74, 6) is 0.0501. The van der Waals surface area contributed by atoms with Crippen LogP contribution in [0.2, 0.25) is 0 Å². The molecule has 1 saturated heterocycles. The van der Waals surface area contributed by atoms with E-state index in [2.05, 4.69) is 22.9 Å². The van der Waals surface area contributed by atoms with Crippen LogP contribution in [0, 0.1) is 17.8 Å². The average Bonchev–Trinajstić information content (AvgIpc) is 3.20. The second-order valence-electron chi connectivity index (χ2n) is 8.46. The Morgan fingerprint density at radius 1 is 1.29 bits per heavy atom. The molecule has 0 amide bonds. The summed E-state index contributed by atoms with van der Waals surface area (Å²) in [5.41, 5.74) is 0. The molecule has 0 radical (unpaired) electrons. The van der Waals surface area contributed by atoms with Gasteiger partial charge >= 0.3 is 5.97 Å². The zero-order valence-corrected chi connectivity index (χ0v) is 19.0. The molecule has 0 spiro atoms. The molecule has 1 aliphatic heterocycles. The number of halogens is 1. The fourth-order valence-electron chi connectivity index (χ4n) is 4.49. The van der Waals surface area contributed by atoms with Crippen molar-refractivity contribution in [2.24, 2.45) is 17.8 Å². The first-order valence-electron chi connectivity index (χ1n) is 10.8. The van der Waals surface area contributed by atoms with E-state index in [4.69, 9.17) is 9.47 Å². The zero-order valence-electron chi connectivity index (χ0n) is 17.4. The molecular formula is C22H37BrO5.